The topological polar surface area (TPSA) is 60.2 Å². The van der Waals surface area contributed by atoms with Crippen LogP contribution in [-0.2, 0) is 4.74 Å². The molecule has 5 rings (SSSR count). The molecule has 0 spiro atoms. The van der Waals surface area contributed by atoms with E-state index in [0.29, 0.717) is 24.7 Å². The standard InChI is InChI=1S/C19H17FN4O2S/c20-12-3-5-14(6-4-12)24-18(16-2-1-9-27-16)21-17(22-24)19(25)23(13-7-8-13)15-10-26-11-15/h1-6,9,13,15H,7-8,10-11H2. The number of hydrogen-bond acceptors (Lipinski definition) is 5. The van der Waals surface area contributed by atoms with Gasteiger partial charge in [0.2, 0.25) is 5.82 Å². The molecule has 6 nitrogen and oxygen atoms in total. The highest BCUT2D eigenvalue weighted by atomic mass is 32.1. The molecule has 1 amide bonds. The zero-order chi connectivity index (χ0) is 18.4. The van der Waals surface area contributed by atoms with Gasteiger partial charge >= 0.3 is 0 Å². The molecule has 27 heavy (non-hydrogen) atoms. The molecule has 3 aromatic rings. The number of amides is 1. The Kier molecular flexibility index (Phi) is 4.02. The molecule has 1 saturated carbocycles. The summed E-state index contributed by atoms with van der Waals surface area (Å²) in [4.78, 5) is 20.5. The molecule has 1 saturated heterocycles. The molecule has 2 fully saturated rings. The summed E-state index contributed by atoms with van der Waals surface area (Å²) in [5.74, 6) is 0.268. The molecule has 0 unspecified atom stereocenters. The minimum atomic E-state index is -0.322. The van der Waals surface area contributed by atoms with Gasteiger partial charge in [-0.3, -0.25) is 4.79 Å². The normalized spacial score (nSPS) is 16.9. The van der Waals surface area contributed by atoms with Crippen LogP contribution in [0, 0.1) is 5.82 Å². The molecule has 2 aliphatic rings. The van der Waals surface area contributed by atoms with Gasteiger partial charge in [0.1, 0.15) is 5.82 Å². The maximum absolute atomic E-state index is 13.3. The minimum Gasteiger partial charge on any atom is -0.377 e. The number of nitrogens with zero attached hydrogens (tertiary/aromatic N) is 4. The van der Waals surface area contributed by atoms with Gasteiger partial charge < -0.3 is 9.64 Å². The zero-order valence-electron chi connectivity index (χ0n) is 14.4. The second-order valence-corrected chi connectivity index (χ2v) is 7.71. The molecule has 0 atom stereocenters. The van der Waals surface area contributed by atoms with Gasteiger partial charge in [-0.15, -0.1) is 16.4 Å². The van der Waals surface area contributed by atoms with Gasteiger partial charge in [-0.1, -0.05) is 6.07 Å². The Morgan fingerprint density at radius 1 is 1.19 bits per heavy atom. The van der Waals surface area contributed by atoms with Crippen LogP contribution in [0.15, 0.2) is 41.8 Å². The van der Waals surface area contributed by atoms with Crippen LogP contribution >= 0.6 is 11.3 Å². The van der Waals surface area contributed by atoms with Crippen molar-refractivity contribution in [3.8, 4) is 16.4 Å². The summed E-state index contributed by atoms with van der Waals surface area (Å²) in [7, 11) is 0. The van der Waals surface area contributed by atoms with Crippen molar-refractivity contribution < 1.29 is 13.9 Å². The second kappa shape index (κ2) is 6.54. The van der Waals surface area contributed by atoms with Crippen LogP contribution in [-0.4, -0.2) is 50.9 Å². The highest BCUT2D eigenvalue weighted by Crippen LogP contribution is 2.32. The number of thiophene rings is 1. The monoisotopic (exact) mass is 384 g/mol. The molecule has 0 N–H and O–H groups in total. The Morgan fingerprint density at radius 3 is 2.56 bits per heavy atom. The third-order valence-corrected chi connectivity index (χ3v) is 5.67. The van der Waals surface area contributed by atoms with Crippen molar-refractivity contribution >= 4 is 17.2 Å². The van der Waals surface area contributed by atoms with Crippen LogP contribution < -0.4 is 0 Å². The number of carbonyl (C=O) groups excluding carboxylic acids is 1. The first-order valence-electron chi connectivity index (χ1n) is 8.88. The van der Waals surface area contributed by atoms with Gasteiger partial charge in [-0.05, 0) is 48.6 Å². The second-order valence-electron chi connectivity index (χ2n) is 6.76. The quantitative estimate of drug-likeness (QED) is 0.678. The molecular formula is C19H17FN4O2S. The molecular weight excluding hydrogens is 367 g/mol. The van der Waals surface area contributed by atoms with Gasteiger partial charge in [-0.25, -0.2) is 14.1 Å². The zero-order valence-corrected chi connectivity index (χ0v) is 15.2. The molecule has 0 bridgehead atoms. The highest BCUT2D eigenvalue weighted by molar-refractivity contribution is 7.13. The number of ether oxygens (including phenoxy) is 1. The Labute approximate surface area is 159 Å². The van der Waals surface area contributed by atoms with Crippen molar-refractivity contribution in [3.63, 3.8) is 0 Å². The van der Waals surface area contributed by atoms with Crippen LogP contribution in [0.3, 0.4) is 0 Å². The highest BCUT2D eigenvalue weighted by Gasteiger charge is 2.42. The first kappa shape index (κ1) is 16.6. The number of hydrogen-bond donors (Lipinski definition) is 0. The third-order valence-electron chi connectivity index (χ3n) is 4.80. The summed E-state index contributed by atoms with van der Waals surface area (Å²) < 4.78 is 20.2. The van der Waals surface area contributed by atoms with Crippen molar-refractivity contribution in [2.24, 2.45) is 0 Å². The van der Waals surface area contributed by atoms with Gasteiger partial charge in [-0.2, -0.15) is 0 Å². The average molecular weight is 384 g/mol. The van der Waals surface area contributed by atoms with E-state index >= 15 is 0 Å². The lowest BCUT2D eigenvalue weighted by Crippen LogP contribution is -2.53. The van der Waals surface area contributed by atoms with E-state index in [1.165, 1.54) is 23.5 Å². The summed E-state index contributed by atoms with van der Waals surface area (Å²) >= 11 is 1.52. The summed E-state index contributed by atoms with van der Waals surface area (Å²) in [6, 6.07) is 10.2. The fraction of sp³-hybridized carbons (Fsp3) is 0.316. The molecule has 138 valence electrons. The predicted octanol–water partition coefficient (Wildman–Crippen LogP) is 3.14. The number of benzene rings is 1. The van der Waals surface area contributed by atoms with E-state index in [0.717, 1.165) is 17.7 Å². The van der Waals surface area contributed by atoms with E-state index in [2.05, 4.69) is 10.1 Å². The van der Waals surface area contributed by atoms with Gasteiger partial charge in [0.25, 0.3) is 5.91 Å². The fourth-order valence-electron chi connectivity index (χ4n) is 3.21. The first-order valence-corrected chi connectivity index (χ1v) is 9.76. The summed E-state index contributed by atoms with van der Waals surface area (Å²) in [6.07, 6.45) is 2.03. The van der Waals surface area contributed by atoms with E-state index in [4.69, 9.17) is 4.74 Å². The van der Waals surface area contributed by atoms with Crippen LogP contribution in [0.2, 0.25) is 0 Å². The number of carbonyl (C=O) groups is 1. The van der Waals surface area contributed by atoms with Gasteiger partial charge in [0.15, 0.2) is 5.82 Å². The Morgan fingerprint density at radius 2 is 1.96 bits per heavy atom. The molecule has 1 aliphatic carbocycles. The van der Waals surface area contributed by atoms with Gasteiger partial charge in [0, 0.05) is 6.04 Å². The summed E-state index contributed by atoms with van der Waals surface area (Å²) in [5.41, 5.74) is 0.663. The smallest absolute Gasteiger partial charge is 0.294 e. The lowest BCUT2D eigenvalue weighted by molar-refractivity contribution is -0.0569. The first-order chi connectivity index (χ1) is 13.2. The average Bonchev–Trinajstić information content (AvgIpc) is 3.15. The van der Waals surface area contributed by atoms with Gasteiger partial charge in [0.05, 0.1) is 29.8 Å². The van der Waals surface area contributed by atoms with Crippen LogP contribution in [0.4, 0.5) is 4.39 Å². The SMILES string of the molecule is O=C(c1nc(-c2cccs2)n(-c2ccc(F)cc2)n1)N(C1CC1)C1COC1. The van der Waals surface area contributed by atoms with Crippen molar-refractivity contribution in [2.45, 2.75) is 24.9 Å². The van der Waals surface area contributed by atoms with Crippen molar-refractivity contribution in [3.05, 3.63) is 53.4 Å². The Bertz CT molecular complexity index is 962. The van der Waals surface area contributed by atoms with E-state index < -0.39 is 0 Å². The van der Waals surface area contributed by atoms with Crippen molar-refractivity contribution in [1.29, 1.82) is 0 Å². The Balaban J connectivity index is 1.56. The van der Waals surface area contributed by atoms with Crippen LogP contribution in [0.5, 0.6) is 0 Å². The maximum Gasteiger partial charge on any atom is 0.294 e. The predicted molar refractivity (Wildman–Crippen MR) is 98.4 cm³/mol. The minimum absolute atomic E-state index is 0.105. The lowest BCUT2D eigenvalue weighted by atomic mass is 10.2. The molecule has 0 radical (unpaired) electrons. The Hall–Kier alpha value is -2.58. The molecule has 1 aromatic carbocycles. The largest absolute Gasteiger partial charge is 0.377 e. The molecule has 8 heteroatoms. The fourth-order valence-corrected chi connectivity index (χ4v) is 3.91. The number of halogens is 1. The summed E-state index contributed by atoms with van der Waals surface area (Å²) in [5, 5.41) is 6.44. The summed E-state index contributed by atoms with van der Waals surface area (Å²) in [6.45, 7) is 1.14. The van der Waals surface area contributed by atoms with Crippen LogP contribution in [0.1, 0.15) is 23.5 Å². The molecule has 3 heterocycles. The van der Waals surface area contributed by atoms with E-state index in [-0.39, 0.29) is 29.6 Å². The number of aromatic nitrogens is 3. The van der Waals surface area contributed by atoms with Crippen LogP contribution in [0.25, 0.3) is 16.4 Å². The van der Waals surface area contributed by atoms with E-state index in [1.807, 2.05) is 22.4 Å². The maximum atomic E-state index is 13.3. The molecule has 1 aliphatic heterocycles. The van der Waals surface area contributed by atoms with E-state index in [1.54, 1.807) is 16.8 Å². The molecule has 2 aromatic heterocycles. The number of rotatable bonds is 5. The lowest BCUT2D eigenvalue weighted by Gasteiger charge is -2.36. The third kappa shape index (κ3) is 3.04. The van der Waals surface area contributed by atoms with Crippen molar-refractivity contribution in [2.75, 3.05) is 13.2 Å². The van der Waals surface area contributed by atoms with E-state index in [9.17, 15) is 9.18 Å². The van der Waals surface area contributed by atoms with Crippen molar-refractivity contribution in [1.82, 2.24) is 19.7 Å².